The van der Waals surface area contributed by atoms with Gasteiger partial charge in [0.15, 0.2) is 0 Å². The standard InChI is InChI=1S/C23H32O2/c1-5-22(24)14-13-20(3)16(15-22)7-8-17-18(20)9-11-21(4)19(17)10-12-23(21,25)6-2/h1-2,16-19,24-25H,7-15H2,3-4H3/t16-,17-,18+,19+,20-,21+,22-,23-/m0/s1. The second kappa shape index (κ2) is 5.28. The number of rotatable bonds is 0. The maximum absolute atomic E-state index is 11.1. The molecule has 4 saturated carbocycles. The van der Waals surface area contributed by atoms with Crippen LogP contribution in [0, 0.1) is 59.2 Å². The summed E-state index contributed by atoms with van der Waals surface area (Å²) in [4.78, 5) is 0. The van der Waals surface area contributed by atoms with Gasteiger partial charge in [-0.3, -0.25) is 0 Å². The van der Waals surface area contributed by atoms with Crippen molar-refractivity contribution in [2.45, 2.75) is 82.8 Å². The van der Waals surface area contributed by atoms with E-state index in [-0.39, 0.29) is 10.8 Å². The third-order valence-corrected chi connectivity index (χ3v) is 9.39. The van der Waals surface area contributed by atoms with E-state index >= 15 is 0 Å². The van der Waals surface area contributed by atoms with Crippen LogP contribution in [0.3, 0.4) is 0 Å². The maximum atomic E-state index is 11.1. The molecule has 0 unspecified atom stereocenters. The minimum Gasteiger partial charge on any atom is -0.378 e. The Labute approximate surface area is 152 Å². The van der Waals surface area contributed by atoms with Gasteiger partial charge >= 0.3 is 0 Å². The average molecular weight is 341 g/mol. The highest BCUT2D eigenvalue weighted by molar-refractivity contribution is 5.24. The number of fused-ring (bicyclic) bond motifs is 5. The number of hydrogen-bond acceptors (Lipinski definition) is 2. The van der Waals surface area contributed by atoms with E-state index in [1.807, 2.05) is 0 Å². The predicted octanol–water partition coefficient (Wildman–Crippen LogP) is 3.76. The minimum absolute atomic E-state index is 0.125. The van der Waals surface area contributed by atoms with Crippen LogP contribution in [-0.4, -0.2) is 21.4 Å². The fraction of sp³-hybridized carbons (Fsp3) is 0.826. The largest absolute Gasteiger partial charge is 0.378 e. The summed E-state index contributed by atoms with van der Waals surface area (Å²) in [5.41, 5.74) is -1.65. The van der Waals surface area contributed by atoms with Crippen LogP contribution in [0.4, 0.5) is 0 Å². The van der Waals surface area contributed by atoms with Crippen molar-refractivity contribution >= 4 is 0 Å². The molecule has 0 spiro atoms. The molecule has 4 aliphatic carbocycles. The van der Waals surface area contributed by atoms with E-state index in [4.69, 9.17) is 12.8 Å². The molecule has 0 saturated heterocycles. The van der Waals surface area contributed by atoms with Gasteiger partial charge in [-0.05, 0) is 86.9 Å². The van der Waals surface area contributed by atoms with E-state index in [0.29, 0.717) is 23.7 Å². The highest BCUT2D eigenvalue weighted by atomic mass is 16.3. The molecule has 0 bridgehead atoms. The van der Waals surface area contributed by atoms with Gasteiger partial charge in [0.1, 0.15) is 11.2 Å². The van der Waals surface area contributed by atoms with Gasteiger partial charge < -0.3 is 10.2 Å². The number of terminal acetylenes is 2. The molecule has 136 valence electrons. The van der Waals surface area contributed by atoms with Crippen molar-refractivity contribution < 1.29 is 10.2 Å². The average Bonchev–Trinajstić information content (AvgIpc) is 2.88. The highest BCUT2D eigenvalue weighted by Gasteiger charge is 2.64. The van der Waals surface area contributed by atoms with Crippen LogP contribution >= 0.6 is 0 Å². The van der Waals surface area contributed by atoms with E-state index < -0.39 is 11.2 Å². The summed E-state index contributed by atoms with van der Waals surface area (Å²) in [6.45, 7) is 4.70. The summed E-state index contributed by atoms with van der Waals surface area (Å²) in [5, 5.41) is 21.7. The Bertz CT molecular complexity index is 656. The van der Waals surface area contributed by atoms with Gasteiger partial charge in [0.25, 0.3) is 0 Å². The van der Waals surface area contributed by atoms with Crippen LogP contribution in [0.5, 0.6) is 0 Å². The lowest BCUT2D eigenvalue weighted by Gasteiger charge is -2.62. The van der Waals surface area contributed by atoms with Crippen molar-refractivity contribution in [1.29, 1.82) is 0 Å². The first-order valence-corrected chi connectivity index (χ1v) is 10.1. The van der Waals surface area contributed by atoms with Crippen LogP contribution in [0.1, 0.15) is 71.6 Å². The van der Waals surface area contributed by atoms with E-state index in [1.54, 1.807) is 0 Å². The highest BCUT2D eigenvalue weighted by Crippen LogP contribution is 2.68. The monoisotopic (exact) mass is 340 g/mol. The maximum Gasteiger partial charge on any atom is 0.130 e. The summed E-state index contributed by atoms with van der Waals surface area (Å²) in [5.74, 6) is 7.85. The molecule has 8 atom stereocenters. The van der Waals surface area contributed by atoms with Gasteiger partial charge in [-0.1, -0.05) is 25.7 Å². The lowest BCUT2D eigenvalue weighted by atomic mass is 9.43. The van der Waals surface area contributed by atoms with Crippen molar-refractivity contribution in [3.05, 3.63) is 0 Å². The molecule has 2 N–H and O–H groups in total. The Kier molecular flexibility index (Phi) is 3.69. The molecule has 0 aromatic heterocycles. The molecule has 0 amide bonds. The van der Waals surface area contributed by atoms with E-state index in [9.17, 15) is 10.2 Å². The molecule has 0 aromatic rings. The molecular formula is C23H32O2. The second-order valence-corrected chi connectivity index (χ2v) is 10.0. The van der Waals surface area contributed by atoms with Crippen LogP contribution in [-0.2, 0) is 0 Å². The lowest BCUT2D eigenvalue weighted by molar-refractivity contribution is -0.152. The molecule has 25 heavy (non-hydrogen) atoms. The smallest absolute Gasteiger partial charge is 0.130 e. The fourth-order valence-corrected chi connectivity index (χ4v) is 7.63. The molecule has 0 aliphatic heterocycles. The first-order chi connectivity index (χ1) is 11.7. The van der Waals surface area contributed by atoms with Gasteiger partial charge in [0, 0.05) is 5.41 Å². The van der Waals surface area contributed by atoms with Crippen LogP contribution in [0.2, 0.25) is 0 Å². The Balaban J connectivity index is 1.63. The van der Waals surface area contributed by atoms with Crippen molar-refractivity contribution in [3.8, 4) is 24.7 Å². The number of aliphatic hydroxyl groups is 2. The fourth-order valence-electron chi connectivity index (χ4n) is 7.63. The van der Waals surface area contributed by atoms with Gasteiger partial charge in [-0.25, -0.2) is 0 Å². The Morgan fingerprint density at radius 1 is 0.840 bits per heavy atom. The van der Waals surface area contributed by atoms with Crippen LogP contribution < -0.4 is 0 Å². The summed E-state index contributed by atoms with van der Waals surface area (Å²) >= 11 is 0. The van der Waals surface area contributed by atoms with Gasteiger partial charge in [-0.2, -0.15) is 0 Å². The predicted molar refractivity (Wildman–Crippen MR) is 99.3 cm³/mol. The topological polar surface area (TPSA) is 40.5 Å². The zero-order valence-electron chi connectivity index (χ0n) is 15.7. The quantitative estimate of drug-likeness (QED) is 0.659. The molecule has 0 aromatic carbocycles. The summed E-state index contributed by atoms with van der Waals surface area (Å²) < 4.78 is 0. The SMILES string of the molecule is C#C[C@]1(O)CC[C@@]2(C)[C@@H](CC[C@H]3[C@H]2CC[C@]2(C)[C@@H]3CC[C@@]2(O)C#C)C1. The van der Waals surface area contributed by atoms with E-state index in [0.717, 1.165) is 51.4 Å². The molecule has 4 aliphatic rings. The second-order valence-electron chi connectivity index (χ2n) is 10.0. The van der Waals surface area contributed by atoms with Crippen molar-refractivity contribution in [3.63, 3.8) is 0 Å². The molecular weight excluding hydrogens is 308 g/mol. The van der Waals surface area contributed by atoms with Gasteiger partial charge in [0.2, 0.25) is 0 Å². The molecule has 0 radical (unpaired) electrons. The molecule has 4 fully saturated rings. The Hall–Kier alpha value is -0.960. The zero-order valence-corrected chi connectivity index (χ0v) is 15.7. The Morgan fingerprint density at radius 2 is 1.56 bits per heavy atom. The number of hydrogen-bond donors (Lipinski definition) is 2. The third kappa shape index (κ3) is 2.14. The van der Waals surface area contributed by atoms with Crippen LogP contribution in [0.15, 0.2) is 0 Å². The van der Waals surface area contributed by atoms with E-state index in [2.05, 4.69) is 25.7 Å². The molecule has 4 rings (SSSR count). The van der Waals surface area contributed by atoms with Crippen molar-refractivity contribution in [1.82, 2.24) is 0 Å². The first kappa shape index (κ1) is 17.5. The summed E-state index contributed by atoms with van der Waals surface area (Å²) in [7, 11) is 0. The van der Waals surface area contributed by atoms with Crippen LogP contribution in [0.25, 0.3) is 0 Å². The van der Waals surface area contributed by atoms with E-state index in [1.165, 1.54) is 6.42 Å². The molecule has 2 heteroatoms. The van der Waals surface area contributed by atoms with Crippen molar-refractivity contribution in [2.24, 2.45) is 34.5 Å². The minimum atomic E-state index is -0.920. The first-order valence-electron chi connectivity index (χ1n) is 10.1. The Morgan fingerprint density at radius 3 is 2.24 bits per heavy atom. The molecule has 0 heterocycles. The zero-order chi connectivity index (χ0) is 18.1. The lowest BCUT2D eigenvalue weighted by Crippen LogP contribution is -2.57. The normalized spacial score (nSPS) is 57.5. The molecule has 2 nitrogen and oxygen atoms in total. The summed E-state index contributed by atoms with van der Waals surface area (Å²) in [6, 6.07) is 0. The van der Waals surface area contributed by atoms with Gasteiger partial charge in [0.05, 0.1) is 0 Å². The third-order valence-electron chi connectivity index (χ3n) is 9.39. The van der Waals surface area contributed by atoms with Gasteiger partial charge in [-0.15, -0.1) is 12.8 Å². The van der Waals surface area contributed by atoms with Crippen molar-refractivity contribution in [2.75, 3.05) is 0 Å². The summed E-state index contributed by atoms with van der Waals surface area (Å²) in [6.07, 6.45) is 20.3.